The van der Waals surface area contributed by atoms with Crippen LogP contribution in [0, 0.1) is 0 Å². The van der Waals surface area contributed by atoms with E-state index in [1.54, 1.807) is 38.1 Å². The highest BCUT2D eigenvalue weighted by atomic mass is 16.5. The number of rotatable bonds is 12. The molecule has 0 radical (unpaired) electrons. The van der Waals surface area contributed by atoms with Crippen LogP contribution in [-0.2, 0) is 22.4 Å². The third-order valence-electron chi connectivity index (χ3n) is 5.00. The van der Waals surface area contributed by atoms with Gasteiger partial charge < -0.3 is 14.2 Å². The van der Waals surface area contributed by atoms with Gasteiger partial charge in [0.2, 0.25) is 0 Å². The number of aryl methyl sites for hydroxylation is 2. The molecule has 2 rings (SSSR count). The van der Waals surface area contributed by atoms with Crippen molar-refractivity contribution in [3.8, 4) is 23.0 Å². The zero-order valence-corrected chi connectivity index (χ0v) is 20.2. The Morgan fingerprint density at radius 3 is 1.45 bits per heavy atom. The number of carbonyl (C=O) groups is 2. The fourth-order valence-electron chi connectivity index (χ4n) is 3.07. The van der Waals surface area contributed by atoms with Crippen molar-refractivity contribution in [3.63, 3.8) is 0 Å². The molecule has 0 aliphatic rings. The monoisotopic (exact) mass is 450 g/mol. The molecule has 0 fully saturated rings. The topological polar surface area (TPSA) is 61.8 Å². The van der Waals surface area contributed by atoms with Crippen molar-refractivity contribution >= 4 is 11.9 Å². The zero-order chi connectivity index (χ0) is 24.4. The Labute approximate surface area is 197 Å². The first kappa shape index (κ1) is 25.9. The van der Waals surface area contributed by atoms with Crippen LogP contribution in [0.2, 0.25) is 0 Å². The van der Waals surface area contributed by atoms with Gasteiger partial charge in [0.05, 0.1) is 0 Å². The molecule has 0 aliphatic heterocycles. The molecular formula is C28H34O5. The van der Waals surface area contributed by atoms with Crippen LogP contribution in [0.3, 0.4) is 0 Å². The Morgan fingerprint density at radius 2 is 1.12 bits per heavy atom. The third-order valence-corrected chi connectivity index (χ3v) is 5.00. The predicted octanol–water partition coefficient (Wildman–Crippen LogP) is 7.13. The van der Waals surface area contributed by atoms with Crippen molar-refractivity contribution in [3.05, 3.63) is 71.8 Å². The molecule has 0 saturated carbocycles. The average molecular weight is 451 g/mol. The molecule has 2 aromatic carbocycles. The van der Waals surface area contributed by atoms with E-state index < -0.39 is 11.9 Å². The summed E-state index contributed by atoms with van der Waals surface area (Å²) in [5, 5.41) is 0. The van der Waals surface area contributed by atoms with E-state index in [1.165, 1.54) is 0 Å². The molecule has 176 valence electrons. The van der Waals surface area contributed by atoms with E-state index in [1.807, 2.05) is 12.1 Å². The maximum Gasteiger partial charge on any atom is 0.338 e. The maximum atomic E-state index is 12.0. The second-order valence-corrected chi connectivity index (χ2v) is 8.19. The Kier molecular flexibility index (Phi) is 9.92. The molecular weight excluding hydrogens is 416 g/mol. The summed E-state index contributed by atoms with van der Waals surface area (Å²) < 4.78 is 17.1. The van der Waals surface area contributed by atoms with Gasteiger partial charge in [0, 0.05) is 11.1 Å². The Balaban J connectivity index is 2.30. The average Bonchev–Trinajstić information content (AvgIpc) is 2.78. The van der Waals surface area contributed by atoms with Gasteiger partial charge in [-0.3, -0.25) is 0 Å². The Morgan fingerprint density at radius 1 is 0.727 bits per heavy atom. The summed E-state index contributed by atoms with van der Waals surface area (Å²) in [6.45, 7) is 14.8. The molecule has 5 nitrogen and oxygen atoms in total. The lowest BCUT2D eigenvalue weighted by Crippen LogP contribution is -2.10. The smallest absolute Gasteiger partial charge is 0.338 e. The van der Waals surface area contributed by atoms with Crippen LogP contribution >= 0.6 is 0 Å². The first-order valence-electron chi connectivity index (χ1n) is 11.4. The van der Waals surface area contributed by atoms with E-state index in [0.29, 0.717) is 34.1 Å². The second-order valence-electron chi connectivity index (χ2n) is 8.19. The van der Waals surface area contributed by atoms with E-state index in [0.717, 1.165) is 49.7 Å². The van der Waals surface area contributed by atoms with Crippen molar-refractivity contribution in [1.82, 2.24) is 0 Å². The summed E-state index contributed by atoms with van der Waals surface area (Å²) in [5.74, 6) is 1.45. The molecule has 0 spiro atoms. The summed E-state index contributed by atoms with van der Waals surface area (Å²) >= 11 is 0. The minimum absolute atomic E-state index is 0.351. The molecule has 33 heavy (non-hydrogen) atoms. The van der Waals surface area contributed by atoms with Gasteiger partial charge in [-0.1, -0.05) is 39.8 Å². The van der Waals surface area contributed by atoms with Crippen LogP contribution < -0.4 is 14.2 Å². The van der Waals surface area contributed by atoms with E-state index in [-0.39, 0.29) is 0 Å². The normalized spacial score (nSPS) is 10.4. The first-order chi connectivity index (χ1) is 15.7. The lowest BCUT2D eigenvalue weighted by molar-refractivity contribution is -0.131. The van der Waals surface area contributed by atoms with Gasteiger partial charge in [0.25, 0.3) is 0 Å². The van der Waals surface area contributed by atoms with Crippen molar-refractivity contribution < 1.29 is 23.8 Å². The number of carbonyl (C=O) groups excluding carboxylic acids is 2. The molecule has 0 heterocycles. The van der Waals surface area contributed by atoms with Crippen molar-refractivity contribution in [2.45, 2.75) is 66.2 Å². The van der Waals surface area contributed by atoms with Crippen LogP contribution in [-0.4, -0.2) is 11.9 Å². The largest absolute Gasteiger partial charge is 0.457 e. The number of ether oxygens (including phenoxy) is 3. The third kappa shape index (κ3) is 7.94. The standard InChI is InChI=1S/C28H34O5/c1-7-9-11-21-17-23(13-15-25(21)32-27(29)19(3)4)31-24-14-16-26(33-28(30)20(5)6)22(18-24)12-10-8-2/h13-18H,3,5,7-12H2,1-2,4,6H3. The van der Waals surface area contributed by atoms with Gasteiger partial charge in [-0.05, 0) is 87.1 Å². The summed E-state index contributed by atoms with van der Waals surface area (Å²) in [6, 6.07) is 10.9. The number of unbranched alkanes of at least 4 members (excludes halogenated alkanes) is 2. The van der Waals surface area contributed by atoms with Crippen LogP contribution in [0.4, 0.5) is 0 Å². The number of esters is 2. The number of hydrogen-bond acceptors (Lipinski definition) is 5. The lowest BCUT2D eigenvalue weighted by atomic mass is 10.1. The predicted molar refractivity (Wildman–Crippen MR) is 131 cm³/mol. The molecule has 0 aliphatic carbocycles. The fraction of sp³-hybridized carbons (Fsp3) is 0.357. The first-order valence-corrected chi connectivity index (χ1v) is 11.4. The van der Waals surface area contributed by atoms with Gasteiger partial charge in [-0.15, -0.1) is 0 Å². The quantitative estimate of drug-likeness (QED) is 0.196. The number of hydrogen-bond donors (Lipinski definition) is 0. The highest BCUT2D eigenvalue weighted by Crippen LogP contribution is 2.32. The molecule has 0 atom stereocenters. The molecule has 0 bridgehead atoms. The van der Waals surface area contributed by atoms with Crippen LogP contribution in [0.25, 0.3) is 0 Å². The summed E-state index contributed by atoms with van der Waals surface area (Å²) in [7, 11) is 0. The van der Waals surface area contributed by atoms with Gasteiger partial charge >= 0.3 is 11.9 Å². The zero-order valence-electron chi connectivity index (χ0n) is 20.2. The highest BCUT2D eigenvalue weighted by Gasteiger charge is 2.14. The minimum atomic E-state index is -0.443. The van der Waals surface area contributed by atoms with Gasteiger partial charge in [0.15, 0.2) is 0 Å². The molecule has 0 N–H and O–H groups in total. The fourth-order valence-corrected chi connectivity index (χ4v) is 3.07. The lowest BCUT2D eigenvalue weighted by Gasteiger charge is -2.15. The summed E-state index contributed by atoms with van der Waals surface area (Å²) in [6.07, 6.45) is 5.50. The van der Waals surface area contributed by atoms with Crippen LogP contribution in [0.15, 0.2) is 60.7 Å². The van der Waals surface area contributed by atoms with Crippen molar-refractivity contribution in [2.24, 2.45) is 0 Å². The van der Waals surface area contributed by atoms with Crippen molar-refractivity contribution in [2.75, 3.05) is 0 Å². The SMILES string of the molecule is C=C(C)C(=O)Oc1ccc(Oc2ccc(OC(=O)C(=C)C)c(CCCC)c2)cc1CCCC. The highest BCUT2D eigenvalue weighted by molar-refractivity contribution is 5.89. The molecule has 0 aromatic heterocycles. The summed E-state index contributed by atoms with van der Waals surface area (Å²) in [4.78, 5) is 24.0. The molecule has 5 heteroatoms. The van der Waals surface area contributed by atoms with E-state index in [4.69, 9.17) is 14.2 Å². The maximum absolute atomic E-state index is 12.0. The summed E-state index contributed by atoms with van der Waals surface area (Å²) in [5.41, 5.74) is 2.51. The molecule has 0 saturated heterocycles. The van der Waals surface area contributed by atoms with Crippen LogP contribution in [0.5, 0.6) is 23.0 Å². The van der Waals surface area contributed by atoms with Gasteiger partial charge in [-0.2, -0.15) is 0 Å². The number of benzene rings is 2. The molecule has 2 aromatic rings. The Hall–Kier alpha value is -3.34. The van der Waals surface area contributed by atoms with E-state index >= 15 is 0 Å². The molecule has 0 unspecified atom stereocenters. The van der Waals surface area contributed by atoms with Gasteiger partial charge in [0.1, 0.15) is 23.0 Å². The minimum Gasteiger partial charge on any atom is -0.457 e. The molecule has 0 amide bonds. The Bertz CT molecular complexity index is 937. The van der Waals surface area contributed by atoms with E-state index in [9.17, 15) is 9.59 Å². The van der Waals surface area contributed by atoms with Gasteiger partial charge in [-0.25, -0.2) is 9.59 Å². The van der Waals surface area contributed by atoms with E-state index in [2.05, 4.69) is 27.0 Å². The van der Waals surface area contributed by atoms with Crippen LogP contribution in [0.1, 0.15) is 64.5 Å². The van der Waals surface area contributed by atoms with Crippen molar-refractivity contribution in [1.29, 1.82) is 0 Å². The second kappa shape index (κ2) is 12.6.